The van der Waals surface area contributed by atoms with E-state index >= 15 is 0 Å². The topological polar surface area (TPSA) is 66.6 Å². The Labute approximate surface area is 216 Å². The van der Waals surface area contributed by atoms with Gasteiger partial charge in [-0.2, -0.15) is 4.31 Å². The minimum Gasteiger partial charge on any atom is -0.329 e. The highest BCUT2D eigenvalue weighted by atomic mass is 32.2. The number of sulfonamides is 1. The van der Waals surface area contributed by atoms with Crippen molar-refractivity contribution >= 4 is 10.0 Å². The first-order valence-corrected chi connectivity index (χ1v) is 14.4. The van der Waals surface area contributed by atoms with E-state index in [0.717, 1.165) is 24.9 Å². The average Bonchev–Trinajstić information content (AvgIpc) is 2.85. The predicted molar refractivity (Wildman–Crippen MR) is 147 cm³/mol. The first-order valence-electron chi connectivity index (χ1n) is 13.0. The third-order valence-electron chi connectivity index (χ3n) is 8.31. The maximum Gasteiger partial charge on any atom is 0.243 e. The summed E-state index contributed by atoms with van der Waals surface area (Å²) in [4.78, 5) is 2.87. The number of nitrogens with two attached hydrogens (primary N) is 1. The van der Waals surface area contributed by atoms with Gasteiger partial charge in [0.05, 0.1) is 4.90 Å². The number of benzene rings is 3. The molecule has 0 amide bonds. The minimum atomic E-state index is -3.56. The van der Waals surface area contributed by atoms with Gasteiger partial charge >= 0.3 is 0 Å². The summed E-state index contributed by atoms with van der Waals surface area (Å²) in [6.07, 6.45) is 1.84. The normalized spacial score (nSPS) is 23.4. The van der Waals surface area contributed by atoms with Crippen molar-refractivity contribution in [3.63, 3.8) is 0 Å². The van der Waals surface area contributed by atoms with Crippen LogP contribution in [0.25, 0.3) is 11.1 Å². The lowest BCUT2D eigenvalue weighted by atomic mass is 9.74. The number of rotatable bonds is 5. The molecule has 0 saturated carbocycles. The summed E-state index contributed by atoms with van der Waals surface area (Å²) in [6.45, 7) is 8.80. The van der Waals surface area contributed by atoms with E-state index in [1.807, 2.05) is 25.1 Å². The molecule has 0 bridgehead atoms. The van der Waals surface area contributed by atoms with Crippen molar-refractivity contribution in [2.75, 3.05) is 26.2 Å². The molecular formula is C30H37N3O2S. The molecular weight excluding hydrogens is 466 g/mol. The van der Waals surface area contributed by atoms with E-state index in [4.69, 9.17) is 5.73 Å². The van der Waals surface area contributed by atoms with Crippen LogP contribution in [0.1, 0.15) is 41.0 Å². The zero-order chi connectivity index (χ0) is 25.4. The molecule has 6 heteroatoms. The largest absolute Gasteiger partial charge is 0.329 e. The second-order valence-electron chi connectivity index (χ2n) is 10.3. The quantitative estimate of drug-likeness (QED) is 0.540. The molecule has 2 aliphatic heterocycles. The van der Waals surface area contributed by atoms with Gasteiger partial charge in [-0.1, -0.05) is 60.7 Å². The number of fused-ring (bicyclic) bond motifs is 1. The van der Waals surface area contributed by atoms with Crippen LogP contribution in [-0.4, -0.2) is 55.9 Å². The second kappa shape index (κ2) is 10.1. The summed E-state index contributed by atoms with van der Waals surface area (Å²) in [7, 11) is -3.56. The van der Waals surface area contributed by atoms with E-state index < -0.39 is 10.0 Å². The zero-order valence-corrected chi connectivity index (χ0v) is 22.3. The molecule has 3 aromatic rings. The molecule has 5 nitrogen and oxygen atoms in total. The molecule has 3 aromatic carbocycles. The number of hydrogen-bond acceptors (Lipinski definition) is 4. The monoisotopic (exact) mass is 503 g/mol. The fourth-order valence-electron chi connectivity index (χ4n) is 6.12. The Bertz CT molecular complexity index is 1340. The molecule has 0 spiro atoms. The van der Waals surface area contributed by atoms with E-state index in [-0.39, 0.29) is 18.0 Å². The molecule has 0 aromatic heterocycles. The number of aryl methyl sites for hydroxylation is 2. The predicted octanol–water partition coefficient (Wildman–Crippen LogP) is 4.86. The Kier molecular flexibility index (Phi) is 7.05. The van der Waals surface area contributed by atoms with E-state index in [0.29, 0.717) is 24.5 Å². The number of hydrogen-bond donors (Lipinski definition) is 1. The minimum absolute atomic E-state index is 0.129. The Hall–Kier alpha value is -2.51. The lowest BCUT2D eigenvalue weighted by Gasteiger charge is -2.57. The molecule has 2 N–H and O–H groups in total. The van der Waals surface area contributed by atoms with Crippen molar-refractivity contribution in [3.05, 3.63) is 89.0 Å². The highest BCUT2D eigenvalue weighted by molar-refractivity contribution is 7.89. The molecule has 5 rings (SSSR count). The summed E-state index contributed by atoms with van der Waals surface area (Å²) in [5.74, 6) is 0.218. The van der Waals surface area contributed by atoms with E-state index in [2.05, 4.69) is 61.2 Å². The van der Waals surface area contributed by atoms with E-state index in [9.17, 15) is 8.42 Å². The maximum absolute atomic E-state index is 13.7. The van der Waals surface area contributed by atoms with Crippen LogP contribution in [0, 0.1) is 20.8 Å². The lowest BCUT2D eigenvalue weighted by Crippen LogP contribution is -2.68. The zero-order valence-electron chi connectivity index (χ0n) is 21.5. The first kappa shape index (κ1) is 25.2. The maximum atomic E-state index is 13.7. The molecule has 3 atom stereocenters. The van der Waals surface area contributed by atoms with Crippen LogP contribution in [0.5, 0.6) is 0 Å². The van der Waals surface area contributed by atoms with Crippen LogP contribution in [-0.2, 0) is 10.0 Å². The van der Waals surface area contributed by atoms with Gasteiger partial charge in [-0.05, 0) is 79.6 Å². The van der Waals surface area contributed by atoms with Gasteiger partial charge in [0.15, 0.2) is 0 Å². The molecule has 190 valence electrons. The summed E-state index contributed by atoms with van der Waals surface area (Å²) < 4.78 is 29.1. The average molecular weight is 504 g/mol. The fourth-order valence-corrected chi connectivity index (χ4v) is 7.85. The molecule has 0 unspecified atom stereocenters. The first-order chi connectivity index (χ1) is 17.3. The molecule has 36 heavy (non-hydrogen) atoms. The van der Waals surface area contributed by atoms with Gasteiger partial charge in [-0.25, -0.2) is 8.42 Å². The summed E-state index contributed by atoms with van der Waals surface area (Å²) in [5, 5.41) is 0. The summed E-state index contributed by atoms with van der Waals surface area (Å²) in [6, 6.07) is 23.0. The highest BCUT2D eigenvalue weighted by Gasteiger charge is 2.50. The van der Waals surface area contributed by atoms with Gasteiger partial charge in [-0.15, -0.1) is 0 Å². The lowest BCUT2D eigenvalue weighted by molar-refractivity contribution is -0.0261. The number of nitrogens with zero attached hydrogens (tertiary/aromatic N) is 2. The smallest absolute Gasteiger partial charge is 0.243 e. The van der Waals surface area contributed by atoms with Crippen LogP contribution >= 0.6 is 0 Å². The Balaban J connectivity index is 1.44. The Morgan fingerprint density at radius 3 is 2.28 bits per heavy atom. The second-order valence-corrected chi connectivity index (χ2v) is 12.2. The van der Waals surface area contributed by atoms with Crippen molar-refractivity contribution < 1.29 is 8.42 Å². The Morgan fingerprint density at radius 1 is 0.861 bits per heavy atom. The molecule has 2 heterocycles. The van der Waals surface area contributed by atoms with Gasteiger partial charge in [-0.3, -0.25) is 4.90 Å². The van der Waals surface area contributed by atoms with E-state index in [1.165, 1.54) is 27.8 Å². The third kappa shape index (κ3) is 4.41. The third-order valence-corrected chi connectivity index (χ3v) is 10.3. The van der Waals surface area contributed by atoms with Crippen LogP contribution < -0.4 is 5.73 Å². The molecule has 2 fully saturated rings. The molecule has 0 radical (unpaired) electrons. The fraction of sp³-hybridized carbons (Fsp3) is 0.400. The van der Waals surface area contributed by atoms with Crippen molar-refractivity contribution in [2.24, 2.45) is 5.73 Å². The van der Waals surface area contributed by atoms with Crippen molar-refractivity contribution in [1.29, 1.82) is 0 Å². The van der Waals surface area contributed by atoms with Crippen molar-refractivity contribution in [1.82, 2.24) is 9.21 Å². The molecule has 0 aliphatic carbocycles. The van der Waals surface area contributed by atoms with Crippen LogP contribution in [0.2, 0.25) is 0 Å². The highest BCUT2D eigenvalue weighted by Crippen LogP contribution is 2.43. The molecule has 2 saturated heterocycles. The standard InChI is InChI=1S/C30H37N3O2S/c1-21-10-8-11-26(23(21)3)24-13-15-25(16-14-24)30-27(19-31)33-18-7-6-17-32(20-28(30)33)36(34,35)29-12-5-4-9-22(29)2/h4-5,8-16,27-28,30H,6-7,17-20,31H2,1-3H3/t27-,28+,30-/m1/s1. The summed E-state index contributed by atoms with van der Waals surface area (Å²) >= 11 is 0. The Morgan fingerprint density at radius 2 is 1.56 bits per heavy atom. The molecule has 2 aliphatic rings. The van der Waals surface area contributed by atoms with Gasteiger partial charge in [0.2, 0.25) is 10.0 Å². The van der Waals surface area contributed by atoms with Crippen LogP contribution in [0.15, 0.2) is 71.6 Å². The van der Waals surface area contributed by atoms with Crippen molar-refractivity contribution in [3.8, 4) is 11.1 Å². The van der Waals surface area contributed by atoms with Gasteiger partial charge in [0, 0.05) is 37.6 Å². The van der Waals surface area contributed by atoms with Gasteiger partial charge < -0.3 is 5.73 Å². The van der Waals surface area contributed by atoms with E-state index in [1.54, 1.807) is 10.4 Å². The van der Waals surface area contributed by atoms with Crippen molar-refractivity contribution in [2.45, 2.75) is 56.5 Å². The van der Waals surface area contributed by atoms with Crippen LogP contribution in [0.4, 0.5) is 0 Å². The van der Waals surface area contributed by atoms with Gasteiger partial charge in [0.25, 0.3) is 0 Å². The summed E-state index contributed by atoms with van der Waals surface area (Å²) in [5.41, 5.74) is 13.4. The SMILES string of the molecule is Cc1ccccc1S(=O)(=O)N1CCCCN2[C@H](CN)[C@@H](c3ccc(-c4cccc(C)c4C)cc3)[C@@H]2C1. The van der Waals surface area contributed by atoms with Gasteiger partial charge in [0.1, 0.15) is 0 Å². The van der Waals surface area contributed by atoms with Crippen LogP contribution in [0.3, 0.4) is 0 Å².